The van der Waals surface area contributed by atoms with Crippen LogP contribution in [0.25, 0.3) is 0 Å². The molecule has 0 N–H and O–H groups in total. The van der Waals surface area contributed by atoms with Gasteiger partial charge >= 0.3 is 0 Å². The van der Waals surface area contributed by atoms with Gasteiger partial charge in [0.2, 0.25) is 0 Å². The summed E-state index contributed by atoms with van der Waals surface area (Å²) in [6, 6.07) is 4.01. The van der Waals surface area contributed by atoms with Gasteiger partial charge in [0.15, 0.2) is 11.4 Å². The van der Waals surface area contributed by atoms with Crippen LogP contribution in [0.1, 0.15) is 43.5 Å². The lowest BCUT2D eigenvalue weighted by molar-refractivity contribution is 0.318. The summed E-state index contributed by atoms with van der Waals surface area (Å²) in [7, 11) is 0. The molecule has 0 bridgehead atoms. The number of nitrogens with zero attached hydrogens (tertiary/aromatic N) is 4. The van der Waals surface area contributed by atoms with Crippen LogP contribution in [0, 0.1) is 28.6 Å². The predicted octanol–water partition coefficient (Wildman–Crippen LogP) is 2.21. The number of imidazole rings is 1. The van der Waals surface area contributed by atoms with Crippen LogP contribution < -0.4 is 0 Å². The summed E-state index contributed by atoms with van der Waals surface area (Å²) in [5, 5.41) is 17.8. The van der Waals surface area contributed by atoms with Crippen molar-refractivity contribution in [2.24, 2.45) is 5.92 Å². The Morgan fingerprint density at radius 1 is 1.25 bits per heavy atom. The number of rotatable bonds is 2. The molecule has 82 valence electrons. The SMILES string of the molecule is N#Cc1ncn(CC2CCCCC2)c1C#N. The first-order chi connectivity index (χ1) is 7.85. The molecule has 0 aliphatic heterocycles. The molecule has 4 nitrogen and oxygen atoms in total. The maximum Gasteiger partial charge on any atom is 0.176 e. The topological polar surface area (TPSA) is 65.4 Å². The molecule has 1 aromatic heterocycles. The normalized spacial score (nSPS) is 16.6. The Bertz CT molecular complexity index is 441. The highest BCUT2D eigenvalue weighted by Crippen LogP contribution is 2.25. The van der Waals surface area contributed by atoms with E-state index < -0.39 is 0 Å². The molecule has 1 aliphatic carbocycles. The van der Waals surface area contributed by atoms with Crippen LogP contribution >= 0.6 is 0 Å². The molecule has 16 heavy (non-hydrogen) atoms. The molecule has 0 spiro atoms. The Hall–Kier alpha value is -1.81. The van der Waals surface area contributed by atoms with E-state index in [0.717, 1.165) is 6.54 Å². The maximum absolute atomic E-state index is 8.99. The molecule has 0 saturated heterocycles. The monoisotopic (exact) mass is 214 g/mol. The van der Waals surface area contributed by atoms with Crippen LogP contribution in [0.3, 0.4) is 0 Å². The number of nitriles is 2. The molecule has 1 fully saturated rings. The van der Waals surface area contributed by atoms with Crippen molar-refractivity contribution < 1.29 is 0 Å². The lowest BCUT2D eigenvalue weighted by atomic mass is 9.89. The van der Waals surface area contributed by atoms with Crippen molar-refractivity contribution >= 4 is 0 Å². The van der Waals surface area contributed by atoms with E-state index in [1.165, 1.54) is 32.1 Å². The Kier molecular flexibility index (Phi) is 3.22. The average molecular weight is 214 g/mol. The van der Waals surface area contributed by atoms with E-state index in [1.54, 1.807) is 6.33 Å². The molecule has 1 aromatic rings. The molecule has 4 heteroatoms. The van der Waals surface area contributed by atoms with Gasteiger partial charge in [0, 0.05) is 6.54 Å². The average Bonchev–Trinajstić information content (AvgIpc) is 2.72. The fourth-order valence-corrected chi connectivity index (χ4v) is 2.37. The minimum absolute atomic E-state index is 0.248. The molecular formula is C12H14N4. The second kappa shape index (κ2) is 4.81. The van der Waals surface area contributed by atoms with E-state index in [9.17, 15) is 0 Å². The third-order valence-corrected chi connectivity index (χ3v) is 3.23. The fourth-order valence-electron chi connectivity index (χ4n) is 2.37. The van der Waals surface area contributed by atoms with Gasteiger partial charge in [0.1, 0.15) is 12.1 Å². The van der Waals surface area contributed by atoms with Crippen molar-refractivity contribution in [2.45, 2.75) is 38.6 Å². The Labute approximate surface area is 95.1 Å². The molecule has 1 aliphatic rings. The van der Waals surface area contributed by atoms with Crippen LogP contribution in [0.4, 0.5) is 0 Å². The van der Waals surface area contributed by atoms with Crippen molar-refractivity contribution in [3.05, 3.63) is 17.7 Å². The first-order valence-corrected chi connectivity index (χ1v) is 5.70. The van der Waals surface area contributed by atoms with Crippen LogP contribution in [0.2, 0.25) is 0 Å². The summed E-state index contributed by atoms with van der Waals surface area (Å²) >= 11 is 0. The minimum atomic E-state index is 0.248. The van der Waals surface area contributed by atoms with Crippen molar-refractivity contribution in [3.63, 3.8) is 0 Å². The third-order valence-electron chi connectivity index (χ3n) is 3.23. The molecule has 0 aromatic carbocycles. The van der Waals surface area contributed by atoms with Crippen LogP contribution in [0.5, 0.6) is 0 Å². The van der Waals surface area contributed by atoms with E-state index in [1.807, 2.05) is 10.6 Å². The third kappa shape index (κ3) is 2.06. The quantitative estimate of drug-likeness (QED) is 0.758. The zero-order chi connectivity index (χ0) is 11.4. The van der Waals surface area contributed by atoms with Crippen LogP contribution in [-0.2, 0) is 6.54 Å². The summed E-state index contributed by atoms with van der Waals surface area (Å²) in [5.74, 6) is 0.640. The summed E-state index contributed by atoms with van der Waals surface area (Å²) in [6.07, 6.45) is 7.97. The Morgan fingerprint density at radius 2 is 2.00 bits per heavy atom. The fraction of sp³-hybridized carbons (Fsp3) is 0.583. The largest absolute Gasteiger partial charge is 0.321 e. The molecule has 0 amide bonds. The van der Waals surface area contributed by atoms with Gasteiger partial charge in [-0.05, 0) is 18.8 Å². The van der Waals surface area contributed by atoms with Crippen molar-refractivity contribution in [1.29, 1.82) is 10.5 Å². The van der Waals surface area contributed by atoms with E-state index in [0.29, 0.717) is 11.6 Å². The first-order valence-electron chi connectivity index (χ1n) is 5.70. The molecule has 1 saturated carbocycles. The van der Waals surface area contributed by atoms with Gasteiger partial charge in [-0.25, -0.2) is 4.98 Å². The zero-order valence-electron chi connectivity index (χ0n) is 9.19. The highest BCUT2D eigenvalue weighted by atomic mass is 15.1. The summed E-state index contributed by atoms with van der Waals surface area (Å²) in [6.45, 7) is 0.831. The molecule has 2 rings (SSSR count). The number of hydrogen-bond donors (Lipinski definition) is 0. The molecular weight excluding hydrogens is 200 g/mol. The lowest BCUT2D eigenvalue weighted by Gasteiger charge is -2.21. The highest BCUT2D eigenvalue weighted by molar-refractivity contribution is 5.35. The van der Waals surface area contributed by atoms with Crippen LogP contribution in [-0.4, -0.2) is 9.55 Å². The second-order valence-corrected chi connectivity index (χ2v) is 4.32. The smallest absolute Gasteiger partial charge is 0.176 e. The van der Waals surface area contributed by atoms with Crippen molar-refractivity contribution in [2.75, 3.05) is 0 Å². The number of hydrogen-bond acceptors (Lipinski definition) is 3. The van der Waals surface area contributed by atoms with E-state index >= 15 is 0 Å². The van der Waals surface area contributed by atoms with Gasteiger partial charge in [-0.3, -0.25) is 0 Å². The Morgan fingerprint density at radius 3 is 2.62 bits per heavy atom. The minimum Gasteiger partial charge on any atom is -0.321 e. The molecule has 0 unspecified atom stereocenters. The lowest BCUT2D eigenvalue weighted by Crippen LogP contribution is -2.14. The van der Waals surface area contributed by atoms with E-state index in [4.69, 9.17) is 10.5 Å². The van der Waals surface area contributed by atoms with Crippen molar-refractivity contribution in [3.8, 4) is 12.1 Å². The van der Waals surface area contributed by atoms with Crippen molar-refractivity contribution in [1.82, 2.24) is 9.55 Å². The number of aromatic nitrogens is 2. The molecule has 1 heterocycles. The highest BCUT2D eigenvalue weighted by Gasteiger charge is 2.17. The standard InChI is InChI=1S/C12H14N4/c13-6-11-12(7-14)16(9-15-11)8-10-4-2-1-3-5-10/h9-10H,1-5,8H2. The van der Waals surface area contributed by atoms with Gasteiger partial charge in [-0.2, -0.15) is 10.5 Å². The van der Waals surface area contributed by atoms with Gasteiger partial charge in [0.25, 0.3) is 0 Å². The van der Waals surface area contributed by atoms with Crippen LogP contribution in [0.15, 0.2) is 6.33 Å². The van der Waals surface area contributed by atoms with E-state index in [-0.39, 0.29) is 5.69 Å². The van der Waals surface area contributed by atoms with Gasteiger partial charge in [0.05, 0.1) is 6.33 Å². The van der Waals surface area contributed by atoms with E-state index in [2.05, 4.69) is 11.1 Å². The summed E-state index contributed by atoms with van der Waals surface area (Å²) < 4.78 is 1.83. The Balaban J connectivity index is 2.12. The summed E-state index contributed by atoms with van der Waals surface area (Å²) in [5.41, 5.74) is 0.659. The van der Waals surface area contributed by atoms with Gasteiger partial charge in [-0.15, -0.1) is 0 Å². The second-order valence-electron chi connectivity index (χ2n) is 4.32. The van der Waals surface area contributed by atoms with Gasteiger partial charge < -0.3 is 4.57 Å². The maximum atomic E-state index is 8.99. The molecule has 0 atom stereocenters. The predicted molar refractivity (Wildman–Crippen MR) is 58.2 cm³/mol. The molecule has 0 radical (unpaired) electrons. The van der Waals surface area contributed by atoms with Gasteiger partial charge in [-0.1, -0.05) is 19.3 Å². The first kappa shape index (κ1) is 10.7. The zero-order valence-corrected chi connectivity index (χ0v) is 9.19. The summed E-state index contributed by atoms with van der Waals surface area (Å²) in [4.78, 5) is 3.95.